The van der Waals surface area contributed by atoms with Crippen LogP contribution in [0.3, 0.4) is 0 Å². The number of hydrogen-bond donors (Lipinski definition) is 1. The predicted molar refractivity (Wildman–Crippen MR) is 87.4 cm³/mol. The number of ether oxygens (including phenoxy) is 2. The molecule has 0 saturated heterocycles. The molecule has 122 valence electrons. The van der Waals surface area contributed by atoms with Crippen molar-refractivity contribution >= 4 is 21.6 Å². The maximum atomic E-state index is 12.7. The molecule has 0 spiro atoms. The molecule has 0 atom stereocenters. The Labute approximate surface area is 140 Å². The molecular formula is C16H16ClNO4S. The summed E-state index contributed by atoms with van der Waals surface area (Å²) in [6.45, 7) is 3.68. The molecule has 1 N–H and O–H groups in total. The van der Waals surface area contributed by atoms with E-state index in [4.69, 9.17) is 21.1 Å². The average Bonchev–Trinajstić information content (AvgIpc) is 2.94. The van der Waals surface area contributed by atoms with Crippen LogP contribution in [0.15, 0.2) is 47.4 Å². The lowest BCUT2D eigenvalue weighted by atomic mass is 9.96. The smallest absolute Gasteiger partial charge is 0.241 e. The lowest BCUT2D eigenvalue weighted by Gasteiger charge is -2.26. The van der Waals surface area contributed by atoms with E-state index in [1.165, 1.54) is 12.1 Å². The third-order valence-corrected chi connectivity index (χ3v) is 5.52. The quantitative estimate of drug-likeness (QED) is 0.916. The number of fused-ring (bicyclic) bond motifs is 1. The van der Waals surface area contributed by atoms with Gasteiger partial charge in [0.15, 0.2) is 11.5 Å². The van der Waals surface area contributed by atoms with E-state index in [0.29, 0.717) is 16.5 Å². The second-order valence-corrected chi connectivity index (χ2v) is 7.87. The van der Waals surface area contributed by atoms with E-state index in [9.17, 15) is 8.42 Å². The Bertz CT molecular complexity index is 832. The molecule has 0 saturated carbocycles. The highest BCUT2D eigenvalue weighted by Crippen LogP contribution is 2.34. The first-order chi connectivity index (χ1) is 10.8. The fourth-order valence-corrected chi connectivity index (χ4v) is 3.91. The van der Waals surface area contributed by atoms with Gasteiger partial charge in [0.2, 0.25) is 16.8 Å². The summed E-state index contributed by atoms with van der Waals surface area (Å²) in [5.74, 6) is 0.970. The normalized spacial score (nSPS) is 14.0. The van der Waals surface area contributed by atoms with E-state index in [2.05, 4.69) is 4.72 Å². The first kappa shape index (κ1) is 16.1. The Kier molecular flexibility index (Phi) is 4.00. The molecular weight excluding hydrogens is 338 g/mol. The maximum Gasteiger partial charge on any atom is 0.241 e. The lowest BCUT2D eigenvalue weighted by molar-refractivity contribution is 0.174. The zero-order valence-corrected chi connectivity index (χ0v) is 14.2. The number of halogens is 1. The summed E-state index contributed by atoms with van der Waals surface area (Å²) in [5.41, 5.74) is 0.0194. The van der Waals surface area contributed by atoms with Crippen molar-refractivity contribution in [3.63, 3.8) is 0 Å². The molecule has 3 rings (SSSR count). The van der Waals surface area contributed by atoms with Crippen LogP contribution in [0.2, 0.25) is 5.02 Å². The van der Waals surface area contributed by atoms with Gasteiger partial charge in [-0.25, -0.2) is 13.1 Å². The molecule has 5 nitrogen and oxygen atoms in total. The van der Waals surface area contributed by atoms with Crippen LogP contribution >= 0.6 is 11.6 Å². The van der Waals surface area contributed by atoms with Crippen LogP contribution in [0.4, 0.5) is 0 Å². The highest BCUT2D eigenvalue weighted by molar-refractivity contribution is 7.89. The summed E-state index contributed by atoms with van der Waals surface area (Å²) >= 11 is 5.88. The largest absolute Gasteiger partial charge is 0.454 e. The Morgan fingerprint density at radius 2 is 1.70 bits per heavy atom. The van der Waals surface area contributed by atoms with Crippen molar-refractivity contribution in [3.8, 4) is 11.5 Å². The summed E-state index contributed by atoms with van der Waals surface area (Å²) < 4.78 is 38.4. The number of benzene rings is 2. The van der Waals surface area contributed by atoms with Crippen molar-refractivity contribution in [3.05, 3.63) is 53.1 Å². The Morgan fingerprint density at radius 1 is 1.04 bits per heavy atom. The molecule has 0 aliphatic carbocycles. The van der Waals surface area contributed by atoms with Crippen LogP contribution in [-0.4, -0.2) is 15.2 Å². The molecule has 2 aromatic rings. The monoisotopic (exact) mass is 353 g/mol. The number of rotatable bonds is 4. The van der Waals surface area contributed by atoms with Crippen LogP contribution in [0.1, 0.15) is 19.4 Å². The molecule has 0 aromatic heterocycles. The zero-order chi connectivity index (χ0) is 16.7. The van der Waals surface area contributed by atoms with E-state index < -0.39 is 15.6 Å². The fourth-order valence-electron chi connectivity index (χ4n) is 2.36. The number of hydrogen-bond acceptors (Lipinski definition) is 4. The SMILES string of the molecule is CC(C)(NS(=O)(=O)c1ccc2c(c1)OCO2)c1ccc(Cl)cc1. The summed E-state index contributed by atoms with van der Waals surface area (Å²) in [4.78, 5) is 0.129. The molecule has 0 bridgehead atoms. The Balaban J connectivity index is 1.89. The van der Waals surface area contributed by atoms with Crippen LogP contribution in [0.25, 0.3) is 0 Å². The molecule has 23 heavy (non-hydrogen) atoms. The van der Waals surface area contributed by atoms with Gasteiger partial charge < -0.3 is 9.47 Å². The van der Waals surface area contributed by atoms with Crippen LogP contribution in [-0.2, 0) is 15.6 Å². The van der Waals surface area contributed by atoms with Gasteiger partial charge in [0, 0.05) is 11.1 Å². The minimum atomic E-state index is -3.72. The standard InChI is InChI=1S/C16H16ClNO4S/c1-16(2,11-3-5-12(17)6-4-11)18-23(19,20)13-7-8-14-15(9-13)22-10-21-14/h3-9,18H,10H2,1-2H3. The van der Waals surface area contributed by atoms with Gasteiger partial charge in [0.1, 0.15) is 0 Å². The van der Waals surface area contributed by atoms with Gasteiger partial charge in [-0.2, -0.15) is 0 Å². The Morgan fingerprint density at radius 3 is 2.39 bits per heavy atom. The zero-order valence-electron chi connectivity index (χ0n) is 12.7. The number of sulfonamides is 1. The van der Waals surface area contributed by atoms with Crippen LogP contribution < -0.4 is 14.2 Å². The van der Waals surface area contributed by atoms with E-state index in [1.807, 2.05) is 0 Å². The van der Waals surface area contributed by atoms with Gasteiger partial charge in [-0.05, 0) is 43.7 Å². The average molecular weight is 354 g/mol. The van der Waals surface area contributed by atoms with E-state index >= 15 is 0 Å². The highest BCUT2D eigenvalue weighted by atomic mass is 35.5. The second-order valence-electron chi connectivity index (χ2n) is 5.75. The third kappa shape index (κ3) is 3.29. The van der Waals surface area contributed by atoms with E-state index in [-0.39, 0.29) is 11.7 Å². The molecule has 1 heterocycles. The predicted octanol–water partition coefficient (Wildman–Crippen LogP) is 3.28. The van der Waals surface area contributed by atoms with Gasteiger partial charge in [0.25, 0.3) is 0 Å². The van der Waals surface area contributed by atoms with Crippen molar-refractivity contribution in [1.29, 1.82) is 0 Å². The van der Waals surface area contributed by atoms with Gasteiger partial charge in [0.05, 0.1) is 10.4 Å². The topological polar surface area (TPSA) is 64.6 Å². The highest BCUT2D eigenvalue weighted by Gasteiger charge is 2.29. The molecule has 1 aliphatic heterocycles. The molecule has 0 unspecified atom stereocenters. The number of nitrogens with one attached hydrogen (secondary N) is 1. The van der Waals surface area contributed by atoms with Gasteiger partial charge in [-0.3, -0.25) is 0 Å². The molecule has 0 fully saturated rings. The van der Waals surface area contributed by atoms with Crippen LogP contribution in [0.5, 0.6) is 11.5 Å². The van der Waals surface area contributed by atoms with Crippen molar-refractivity contribution < 1.29 is 17.9 Å². The van der Waals surface area contributed by atoms with Crippen molar-refractivity contribution in [2.24, 2.45) is 0 Å². The minimum absolute atomic E-state index is 0.0997. The third-order valence-electron chi connectivity index (χ3n) is 3.61. The molecule has 2 aromatic carbocycles. The first-order valence-electron chi connectivity index (χ1n) is 6.98. The first-order valence-corrected chi connectivity index (χ1v) is 8.84. The summed E-state index contributed by atoms with van der Waals surface area (Å²) in [6.07, 6.45) is 0. The van der Waals surface area contributed by atoms with Crippen molar-refractivity contribution in [2.75, 3.05) is 6.79 Å². The van der Waals surface area contributed by atoms with Crippen molar-refractivity contribution in [1.82, 2.24) is 4.72 Å². The summed E-state index contributed by atoms with van der Waals surface area (Å²) in [6, 6.07) is 11.6. The van der Waals surface area contributed by atoms with Gasteiger partial charge in [-0.1, -0.05) is 23.7 Å². The molecule has 0 amide bonds. The van der Waals surface area contributed by atoms with E-state index in [0.717, 1.165) is 5.56 Å². The van der Waals surface area contributed by atoms with Crippen molar-refractivity contribution in [2.45, 2.75) is 24.3 Å². The maximum absolute atomic E-state index is 12.7. The fraction of sp³-hybridized carbons (Fsp3) is 0.250. The molecule has 7 heteroatoms. The second kappa shape index (κ2) is 5.70. The summed E-state index contributed by atoms with van der Waals surface area (Å²) in [5, 5.41) is 0.600. The van der Waals surface area contributed by atoms with Crippen LogP contribution in [0, 0.1) is 0 Å². The molecule has 1 aliphatic rings. The van der Waals surface area contributed by atoms with Gasteiger partial charge in [-0.15, -0.1) is 0 Å². The Hall–Kier alpha value is -1.76. The minimum Gasteiger partial charge on any atom is -0.454 e. The molecule has 0 radical (unpaired) electrons. The summed E-state index contributed by atoms with van der Waals surface area (Å²) in [7, 11) is -3.72. The lowest BCUT2D eigenvalue weighted by Crippen LogP contribution is -2.40. The van der Waals surface area contributed by atoms with Gasteiger partial charge >= 0.3 is 0 Å². The van der Waals surface area contributed by atoms with E-state index in [1.54, 1.807) is 44.2 Å².